The molecule has 4 aromatic carbocycles. The van der Waals surface area contributed by atoms with Gasteiger partial charge in [0.25, 0.3) is 5.56 Å². The zero-order valence-corrected chi connectivity index (χ0v) is 25.4. The third-order valence-corrected chi connectivity index (χ3v) is 8.28. The van der Waals surface area contributed by atoms with E-state index in [-0.39, 0.29) is 23.6 Å². The van der Waals surface area contributed by atoms with Crippen LogP contribution < -0.4 is 24.4 Å². The highest BCUT2D eigenvalue weighted by Crippen LogP contribution is 2.35. The molecule has 2 heterocycles. The van der Waals surface area contributed by atoms with Crippen molar-refractivity contribution in [2.75, 3.05) is 13.7 Å². The lowest BCUT2D eigenvalue weighted by Gasteiger charge is -2.26. The third-order valence-electron chi connectivity index (χ3n) is 7.30. The number of methoxy groups -OCH3 is 1. The molecule has 0 amide bonds. The second kappa shape index (κ2) is 13.2. The summed E-state index contributed by atoms with van der Waals surface area (Å²) in [6.45, 7) is 2.22. The van der Waals surface area contributed by atoms with Crippen LogP contribution in [-0.4, -0.2) is 24.3 Å². The first-order chi connectivity index (χ1) is 21.9. The first-order valence-electron chi connectivity index (χ1n) is 14.3. The van der Waals surface area contributed by atoms with E-state index in [9.17, 15) is 14.0 Å². The van der Waals surface area contributed by atoms with Crippen LogP contribution in [-0.2, 0) is 16.1 Å². The van der Waals surface area contributed by atoms with Crippen LogP contribution in [0.2, 0.25) is 0 Å². The standard InChI is InChI=1S/C36H29FN2O5S/c1-3-43-35(41)31-32(25-7-5-4-6-8-25)38-36-39(33(31)26-13-19-28(42-2)20-14-26)34(40)30(45-36)21-23-11-17-29(18-12-23)44-22-24-9-15-27(37)16-10-24/h4-21,33H,3,22H2,1-2H3/b30-21-/t33-/m0/s1. The summed E-state index contributed by atoms with van der Waals surface area (Å²) in [5.41, 5.74) is 3.59. The number of hydrogen-bond acceptors (Lipinski definition) is 7. The molecule has 0 aliphatic carbocycles. The number of fused-ring (bicyclic) bond motifs is 1. The summed E-state index contributed by atoms with van der Waals surface area (Å²) < 4.78 is 31.9. The van der Waals surface area contributed by atoms with Gasteiger partial charge in [-0.2, -0.15) is 0 Å². The zero-order valence-electron chi connectivity index (χ0n) is 24.6. The molecule has 0 bridgehead atoms. The number of esters is 1. The molecule has 1 aromatic heterocycles. The summed E-state index contributed by atoms with van der Waals surface area (Å²) in [5, 5.41) is 0. The van der Waals surface area contributed by atoms with Crippen LogP contribution in [0.25, 0.3) is 11.8 Å². The Kier molecular flexibility index (Phi) is 8.70. The van der Waals surface area contributed by atoms with E-state index < -0.39 is 12.0 Å². The highest BCUT2D eigenvalue weighted by Gasteiger charge is 2.35. The van der Waals surface area contributed by atoms with Crippen LogP contribution in [0.4, 0.5) is 4.39 Å². The van der Waals surface area contributed by atoms with Crippen molar-refractivity contribution in [2.24, 2.45) is 4.99 Å². The van der Waals surface area contributed by atoms with Gasteiger partial charge in [0.15, 0.2) is 4.80 Å². The van der Waals surface area contributed by atoms with Gasteiger partial charge in [-0.3, -0.25) is 9.36 Å². The van der Waals surface area contributed by atoms with Gasteiger partial charge in [0.2, 0.25) is 0 Å². The minimum Gasteiger partial charge on any atom is -0.497 e. The first kappa shape index (κ1) is 29.8. The van der Waals surface area contributed by atoms with Crippen molar-refractivity contribution in [3.8, 4) is 11.5 Å². The summed E-state index contributed by atoms with van der Waals surface area (Å²) in [5.74, 6) is 0.466. The largest absolute Gasteiger partial charge is 0.497 e. The molecule has 1 aliphatic rings. The molecule has 1 atom stereocenters. The number of nitrogens with zero attached hydrogens (tertiary/aromatic N) is 2. The highest BCUT2D eigenvalue weighted by atomic mass is 32.1. The number of carbonyl (C=O) groups excluding carboxylic acids is 1. The lowest BCUT2D eigenvalue weighted by Crippen LogP contribution is -2.40. The maximum atomic E-state index is 14.1. The highest BCUT2D eigenvalue weighted by molar-refractivity contribution is 7.07. The predicted octanol–water partition coefficient (Wildman–Crippen LogP) is 5.66. The molecule has 7 nitrogen and oxygen atoms in total. The van der Waals surface area contributed by atoms with Crippen LogP contribution in [0.3, 0.4) is 0 Å². The molecule has 0 N–H and O–H groups in total. The summed E-state index contributed by atoms with van der Waals surface area (Å²) in [7, 11) is 1.58. The van der Waals surface area contributed by atoms with Crippen LogP contribution in [0.15, 0.2) is 118 Å². The van der Waals surface area contributed by atoms with Gasteiger partial charge >= 0.3 is 5.97 Å². The Morgan fingerprint density at radius 3 is 2.29 bits per heavy atom. The van der Waals surface area contributed by atoms with Gasteiger partial charge in [0, 0.05) is 5.56 Å². The van der Waals surface area contributed by atoms with E-state index in [1.165, 1.54) is 23.5 Å². The van der Waals surface area contributed by atoms with Crippen molar-refractivity contribution in [3.05, 3.63) is 156 Å². The average molecular weight is 621 g/mol. The maximum Gasteiger partial charge on any atom is 0.338 e. The van der Waals surface area contributed by atoms with Crippen molar-refractivity contribution in [1.82, 2.24) is 4.57 Å². The molecule has 0 spiro atoms. The van der Waals surface area contributed by atoms with Crippen molar-refractivity contribution in [3.63, 3.8) is 0 Å². The lowest BCUT2D eigenvalue weighted by molar-refractivity contribution is -0.138. The van der Waals surface area contributed by atoms with Gasteiger partial charge < -0.3 is 14.2 Å². The number of rotatable bonds is 9. The normalized spacial score (nSPS) is 14.5. The molecular weight excluding hydrogens is 591 g/mol. The molecule has 0 radical (unpaired) electrons. The summed E-state index contributed by atoms with van der Waals surface area (Å²) in [6.07, 6.45) is 1.80. The Bertz CT molecular complexity index is 2030. The van der Waals surface area contributed by atoms with Gasteiger partial charge in [-0.25, -0.2) is 14.2 Å². The van der Waals surface area contributed by atoms with Crippen molar-refractivity contribution >= 4 is 29.1 Å². The van der Waals surface area contributed by atoms with Gasteiger partial charge in [0.1, 0.15) is 23.9 Å². The van der Waals surface area contributed by atoms with Crippen LogP contribution >= 0.6 is 11.3 Å². The van der Waals surface area contributed by atoms with Crippen molar-refractivity contribution in [2.45, 2.75) is 19.6 Å². The molecule has 0 unspecified atom stereocenters. The lowest BCUT2D eigenvalue weighted by atomic mass is 9.93. The number of halogens is 1. The zero-order chi connectivity index (χ0) is 31.3. The number of aromatic nitrogens is 1. The Labute approximate surface area is 262 Å². The molecule has 45 heavy (non-hydrogen) atoms. The van der Waals surface area contributed by atoms with E-state index >= 15 is 0 Å². The number of benzene rings is 4. The van der Waals surface area contributed by atoms with E-state index in [1.54, 1.807) is 48.9 Å². The maximum absolute atomic E-state index is 14.1. The second-order valence-electron chi connectivity index (χ2n) is 10.2. The Hall–Kier alpha value is -5.28. The molecule has 0 saturated carbocycles. The molecule has 0 saturated heterocycles. The van der Waals surface area contributed by atoms with Gasteiger partial charge in [0.05, 0.1) is 35.6 Å². The van der Waals surface area contributed by atoms with E-state index in [2.05, 4.69) is 0 Å². The molecule has 6 rings (SSSR count). The number of ether oxygens (including phenoxy) is 3. The molecular formula is C36H29FN2O5S. The third kappa shape index (κ3) is 6.34. The number of hydrogen-bond donors (Lipinski definition) is 0. The molecule has 5 aromatic rings. The summed E-state index contributed by atoms with van der Waals surface area (Å²) >= 11 is 1.26. The quantitative estimate of drug-likeness (QED) is 0.199. The fourth-order valence-electron chi connectivity index (χ4n) is 5.10. The van der Waals surface area contributed by atoms with Crippen LogP contribution in [0, 0.1) is 5.82 Å². The first-order valence-corrected chi connectivity index (χ1v) is 15.2. The smallest absolute Gasteiger partial charge is 0.338 e. The second-order valence-corrected chi connectivity index (χ2v) is 11.2. The Balaban J connectivity index is 1.43. The van der Waals surface area contributed by atoms with Crippen LogP contribution in [0.5, 0.6) is 11.5 Å². The predicted molar refractivity (Wildman–Crippen MR) is 171 cm³/mol. The Morgan fingerprint density at radius 1 is 0.933 bits per heavy atom. The molecule has 9 heteroatoms. The molecule has 0 fully saturated rings. The summed E-state index contributed by atoms with van der Waals surface area (Å²) in [6, 6.07) is 29.5. The topological polar surface area (TPSA) is 79.1 Å². The fourth-order valence-corrected chi connectivity index (χ4v) is 6.10. The number of carbonyl (C=O) groups is 1. The van der Waals surface area contributed by atoms with Crippen molar-refractivity contribution < 1.29 is 23.4 Å². The number of thiazole rings is 1. The minimum absolute atomic E-state index is 0.174. The van der Waals surface area contributed by atoms with Gasteiger partial charge in [-0.15, -0.1) is 0 Å². The summed E-state index contributed by atoms with van der Waals surface area (Å²) in [4.78, 5) is 33.0. The van der Waals surface area contributed by atoms with Crippen LogP contribution in [0.1, 0.15) is 35.2 Å². The average Bonchev–Trinajstić information content (AvgIpc) is 3.38. The van der Waals surface area contributed by atoms with E-state index in [0.717, 1.165) is 22.3 Å². The SMILES string of the molecule is CCOC(=O)C1=C(c2ccccc2)N=c2s/c(=C\c3ccc(OCc4ccc(F)cc4)cc3)c(=O)n2[C@H]1c1ccc(OC)cc1. The minimum atomic E-state index is -0.772. The van der Waals surface area contributed by atoms with Gasteiger partial charge in [-0.05, 0) is 66.1 Å². The Morgan fingerprint density at radius 2 is 1.62 bits per heavy atom. The van der Waals surface area contributed by atoms with E-state index in [4.69, 9.17) is 19.2 Å². The fraction of sp³-hybridized carbons (Fsp3) is 0.139. The van der Waals surface area contributed by atoms with E-state index in [0.29, 0.717) is 33.1 Å². The molecule has 1 aliphatic heterocycles. The molecule has 226 valence electrons. The van der Waals surface area contributed by atoms with Crippen molar-refractivity contribution in [1.29, 1.82) is 0 Å². The van der Waals surface area contributed by atoms with Gasteiger partial charge in [-0.1, -0.05) is 78.1 Å². The monoisotopic (exact) mass is 620 g/mol. The van der Waals surface area contributed by atoms with E-state index in [1.807, 2.05) is 66.7 Å².